The SMILES string of the molecule is Cn1ccc2cc(-c3cc(C(F)(F)F)ccc3[C@H]3CCc4cc(S(=O)(=O)Nc5ncccn5)ccc43)ccc21. The second-order valence-corrected chi connectivity index (χ2v) is 11.3. The summed E-state index contributed by atoms with van der Waals surface area (Å²) in [6.07, 6.45) is 1.57. The second kappa shape index (κ2) is 9.23. The highest BCUT2D eigenvalue weighted by molar-refractivity contribution is 7.92. The molecule has 0 bridgehead atoms. The molecule has 2 aromatic heterocycles. The first-order chi connectivity index (χ1) is 18.6. The van der Waals surface area contributed by atoms with Crippen LogP contribution in [0, 0.1) is 0 Å². The summed E-state index contributed by atoms with van der Waals surface area (Å²) in [6.45, 7) is 0. The zero-order valence-electron chi connectivity index (χ0n) is 20.8. The van der Waals surface area contributed by atoms with Gasteiger partial charge in [-0.25, -0.2) is 23.1 Å². The topological polar surface area (TPSA) is 76.9 Å². The van der Waals surface area contributed by atoms with Crippen LogP contribution in [0.2, 0.25) is 0 Å². The average Bonchev–Trinajstić information content (AvgIpc) is 3.51. The molecule has 6 nitrogen and oxygen atoms in total. The molecule has 1 N–H and O–H groups in total. The molecule has 2 heterocycles. The molecule has 0 saturated heterocycles. The van der Waals surface area contributed by atoms with Crippen molar-refractivity contribution < 1.29 is 21.6 Å². The number of hydrogen-bond donors (Lipinski definition) is 1. The molecule has 0 radical (unpaired) electrons. The molecule has 5 aromatic rings. The van der Waals surface area contributed by atoms with Crippen molar-refractivity contribution in [2.45, 2.75) is 29.8 Å². The fraction of sp³-hybridized carbons (Fsp3) is 0.172. The Bertz CT molecular complexity index is 1820. The van der Waals surface area contributed by atoms with E-state index in [1.54, 1.807) is 24.3 Å². The molecule has 198 valence electrons. The number of halogens is 3. The van der Waals surface area contributed by atoms with Crippen LogP contribution in [0.25, 0.3) is 22.0 Å². The summed E-state index contributed by atoms with van der Waals surface area (Å²) in [7, 11) is -1.99. The van der Waals surface area contributed by atoms with Crippen molar-refractivity contribution in [2.24, 2.45) is 7.05 Å². The molecule has 0 unspecified atom stereocenters. The molecule has 1 atom stereocenters. The Morgan fingerprint density at radius 2 is 1.72 bits per heavy atom. The van der Waals surface area contributed by atoms with Gasteiger partial charge >= 0.3 is 6.18 Å². The number of aromatic nitrogens is 3. The molecular weight excluding hydrogens is 525 g/mol. The predicted molar refractivity (Wildman–Crippen MR) is 143 cm³/mol. The molecule has 0 saturated carbocycles. The minimum atomic E-state index is -4.48. The number of aryl methyl sites for hydroxylation is 2. The molecule has 39 heavy (non-hydrogen) atoms. The molecule has 10 heteroatoms. The van der Waals surface area contributed by atoms with Gasteiger partial charge in [0.2, 0.25) is 5.95 Å². The number of sulfonamides is 1. The standard InChI is InChI=1S/C29H23F3N4O2S/c1-36-14-11-20-15-18(4-10-27(20)36)26-17-21(29(30,31)32)5-8-25(26)24-7-3-19-16-22(6-9-23(19)24)39(37,38)35-28-33-12-2-13-34-28/h2,4-6,8-17,24H,3,7H2,1H3,(H,33,34,35)/t24-/m0/s1. The van der Waals surface area contributed by atoms with Crippen LogP contribution in [-0.4, -0.2) is 23.0 Å². The van der Waals surface area contributed by atoms with Crippen LogP contribution in [0.15, 0.2) is 90.2 Å². The molecule has 6 rings (SSSR count). The van der Waals surface area contributed by atoms with Gasteiger partial charge in [-0.1, -0.05) is 18.2 Å². The van der Waals surface area contributed by atoms with Gasteiger partial charge in [0.25, 0.3) is 10.0 Å². The van der Waals surface area contributed by atoms with Gasteiger partial charge in [0.15, 0.2) is 0 Å². The molecule has 0 aliphatic heterocycles. The second-order valence-electron chi connectivity index (χ2n) is 9.63. The molecule has 0 fully saturated rings. The Morgan fingerprint density at radius 3 is 2.49 bits per heavy atom. The van der Waals surface area contributed by atoms with Gasteiger partial charge in [-0.3, -0.25) is 0 Å². The van der Waals surface area contributed by atoms with Crippen LogP contribution < -0.4 is 4.72 Å². The van der Waals surface area contributed by atoms with Gasteiger partial charge < -0.3 is 4.57 Å². The smallest absolute Gasteiger partial charge is 0.351 e. The van der Waals surface area contributed by atoms with E-state index in [2.05, 4.69) is 14.7 Å². The van der Waals surface area contributed by atoms with E-state index < -0.39 is 21.8 Å². The summed E-state index contributed by atoms with van der Waals surface area (Å²) in [6, 6.07) is 18.0. The number of nitrogens with zero attached hydrogens (tertiary/aromatic N) is 3. The molecule has 0 amide bonds. The number of nitrogens with one attached hydrogen (secondary N) is 1. The fourth-order valence-corrected chi connectivity index (χ4v) is 6.36. The quantitative estimate of drug-likeness (QED) is 0.271. The third-order valence-electron chi connectivity index (χ3n) is 7.25. The van der Waals surface area contributed by atoms with E-state index in [4.69, 9.17) is 0 Å². The van der Waals surface area contributed by atoms with Crippen LogP contribution in [0.1, 0.15) is 34.6 Å². The van der Waals surface area contributed by atoms with Crippen LogP contribution in [0.4, 0.5) is 19.1 Å². The van der Waals surface area contributed by atoms with Crippen LogP contribution in [-0.2, 0) is 29.7 Å². The lowest BCUT2D eigenvalue weighted by molar-refractivity contribution is -0.137. The predicted octanol–water partition coefficient (Wildman–Crippen LogP) is 6.53. The maximum Gasteiger partial charge on any atom is 0.416 e. The average molecular weight is 549 g/mol. The van der Waals surface area contributed by atoms with E-state index >= 15 is 0 Å². The third kappa shape index (κ3) is 4.65. The minimum absolute atomic E-state index is 0.0272. The van der Waals surface area contributed by atoms with E-state index in [1.807, 2.05) is 42.1 Å². The Balaban J connectivity index is 1.41. The van der Waals surface area contributed by atoms with Gasteiger partial charge in [0.05, 0.1) is 10.5 Å². The highest BCUT2D eigenvalue weighted by Gasteiger charge is 2.33. The van der Waals surface area contributed by atoms with Gasteiger partial charge in [0.1, 0.15) is 0 Å². The summed E-state index contributed by atoms with van der Waals surface area (Å²) in [5, 5.41) is 0.940. The lowest BCUT2D eigenvalue weighted by Crippen LogP contribution is -2.15. The zero-order chi connectivity index (χ0) is 27.4. The minimum Gasteiger partial charge on any atom is -0.351 e. The maximum atomic E-state index is 13.7. The fourth-order valence-electron chi connectivity index (χ4n) is 5.35. The zero-order valence-corrected chi connectivity index (χ0v) is 21.6. The highest BCUT2D eigenvalue weighted by atomic mass is 32.2. The van der Waals surface area contributed by atoms with E-state index in [0.717, 1.165) is 33.7 Å². The summed E-state index contributed by atoms with van der Waals surface area (Å²) in [4.78, 5) is 7.91. The number of anilines is 1. The summed E-state index contributed by atoms with van der Waals surface area (Å²) in [5.41, 5.74) is 4.05. The maximum absolute atomic E-state index is 13.7. The molecule has 0 spiro atoms. The van der Waals surface area contributed by atoms with Gasteiger partial charge in [-0.05, 0) is 89.2 Å². The first kappa shape index (κ1) is 25.1. The number of hydrogen-bond acceptors (Lipinski definition) is 4. The van der Waals surface area contributed by atoms with Crippen molar-refractivity contribution >= 4 is 26.9 Å². The van der Waals surface area contributed by atoms with Crippen molar-refractivity contribution in [1.82, 2.24) is 14.5 Å². The Morgan fingerprint density at radius 1 is 0.949 bits per heavy atom. The summed E-state index contributed by atoms with van der Waals surface area (Å²) < 4.78 is 71.4. The van der Waals surface area contributed by atoms with Gasteiger partial charge in [-0.2, -0.15) is 13.2 Å². The number of alkyl halides is 3. The Labute approximate surface area is 223 Å². The largest absolute Gasteiger partial charge is 0.416 e. The van der Waals surface area contributed by atoms with Crippen LogP contribution in [0.3, 0.4) is 0 Å². The number of rotatable bonds is 5. The molecule has 3 aromatic carbocycles. The lowest BCUT2D eigenvalue weighted by Gasteiger charge is -2.20. The van der Waals surface area contributed by atoms with E-state index in [0.29, 0.717) is 24.0 Å². The molecule has 1 aliphatic carbocycles. The van der Waals surface area contributed by atoms with Crippen molar-refractivity contribution in [2.75, 3.05) is 4.72 Å². The van der Waals surface area contributed by atoms with Crippen LogP contribution >= 0.6 is 0 Å². The summed E-state index contributed by atoms with van der Waals surface area (Å²) >= 11 is 0. The van der Waals surface area contributed by atoms with Crippen molar-refractivity contribution in [3.8, 4) is 11.1 Å². The first-order valence-electron chi connectivity index (χ1n) is 12.3. The van der Waals surface area contributed by atoms with E-state index in [9.17, 15) is 21.6 Å². The number of benzene rings is 3. The van der Waals surface area contributed by atoms with Crippen molar-refractivity contribution in [3.05, 3.63) is 108 Å². The van der Waals surface area contributed by atoms with Gasteiger partial charge in [-0.15, -0.1) is 0 Å². The monoisotopic (exact) mass is 548 g/mol. The summed E-state index contributed by atoms with van der Waals surface area (Å²) in [5.74, 6) is -0.202. The van der Waals surface area contributed by atoms with Crippen LogP contribution in [0.5, 0.6) is 0 Å². The van der Waals surface area contributed by atoms with E-state index in [-0.39, 0.29) is 16.8 Å². The normalized spacial score (nSPS) is 15.4. The van der Waals surface area contributed by atoms with E-state index in [1.165, 1.54) is 24.5 Å². The number of fused-ring (bicyclic) bond motifs is 2. The lowest BCUT2D eigenvalue weighted by atomic mass is 9.85. The van der Waals surface area contributed by atoms with Gasteiger partial charge in [0, 0.05) is 42.5 Å². The highest BCUT2D eigenvalue weighted by Crippen LogP contribution is 2.45. The third-order valence-corrected chi connectivity index (χ3v) is 8.57. The van der Waals surface area contributed by atoms with Crippen molar-refractivity contribution in [3.63, 3.8) is 0 Å². The molecule has 1 aliphatic rings. The van der Waals surface area contributed by atoms with Crippen molar-refractivity contribution in [1.29, 1.82) is 0 Å². The first-order valence-corrected chi connectivity index (χ1v) is 13.8. The Hall–Kier alpha value is -4.18. The molecular formula is C29H23F3N4O2S. The Kier molecular flexibility index (Phi) is 5.95.